The van der Waals surface area contributed by atoms with Gasteiger partial charge in [0.1, 0.15) is 0 Å². The molecule has 2 rings (SSSR count). The van der Waals surface area contributed by atoms with Gasteiger partial charge in [0.25, 0.3) is 0 Å². The molecule has 2 N–H and O–H groups in total. The molecule has 1 aromatic heterocycles. The molecule has 3 nitrogen and oxygen atoms in total. The van der Waals surface area contributed by atoms with Gasteiger partial charge in [-0.15, -0.1) is 11.3 Å². The zero-order valence-corrected chi connectivity index (χ0v) is 8.39. The number of phenolic OH excluding ortho intramolecular Hbond substituents is 1. The van der Waals surface area contributed by atoms with E-state index in [1.807, 2.05) is 0 Å². The highest BCUT2D eigenvalue weighted by Gasteiger charge is 2.14. The Morgan fingerprint density at radius 3 is 2.79 bits per heavy atom. The first kappa shape index (κ1) is 9.30. The molecule has 0 aliphatic rings. The number of thiophene rings is 1. The lowest BCUT2D eigenvalue weighted by Gasteiger charge is -1.97. The number of aromatic hydroxyl groups is 1. The molecular weight excluding hydrogens is 224 g/mol. The Hall–Kier alpha value is -1.26. The molecule has 1 aromatic carbocycles. The van der Waals surface area contributed by atoms with Crippen LogP contribution in [0.1, 0.15) is 10.4 Å². The van der Waals surface area contributed by atoms with Crippen molar-refractivity contribution in [2.45, 2.75) is 0 Å². The van der Waals surface area contributed by atoms with Gasteiger partial charge in [0.2, 0.25) is 0 Å². The van der Waals surface area contributed by atoms with Gasteiger partial charge in [-0.2, -0.15) is 0 Å². The Morgan fingerprint density at radius 2 is 2.14 bits per heavy atom. The number of fused-ring (bicyclic) bond motifs is 1. The van der Waals surface area contributed by atoms with E-state index in [4.69, 9.17) is 16.7 Å². The molecule has 0 aliphatic carbocycles. The van der Waals surface area contributed by atoms with Crippen LogP contribution in [0.15, 0.2) is 17.5 Å². The summed E-state index contributed by atoms with van der Waals surface area (Å²) in [5.74, 6) is -1.06. The van der Waals surface area contributed by atoms with Crippen LogP contribution < -0.4 is 0 Å². The molecule has 0 saturated carbocycles. The van der Waals surface area contributed by atoms with Crippen molar-refractivity contribution in [1.29, 1.82) is 0 Å². The Balaban J connectivity index is 2.83. The summed E-state index contributed by atoms with van der Waals surface area (Å²) in [7, 11) is 0. The Kier molecular flexibility index (Phi) is 2.09. The highest BCUT2D eigenvalue weighted by molar-refractivity contribution is 7.18. The van der Waals surface area contributed by atoms with Crippen LogP contribution in [0.4, 0.5) is 0 Å². The van der Waals surface area contributed by atoms with E-state index in [0.29, 0.717) is 10.1 Å². The summed E-state index contributed by atoms with van der Waals surface area (Å²) >= 11 is 6.85. The normalized spacial score (nSPS) is 10.6. The Bertz CT molecular complexity index is 518. The highest BCUT2D eigenvalue weighted by atomic mass is 35.5. The minimum absolute atomic E-state index is 0.0540. The van der Waals surface area contributed by atoms with Gasteiger partial charge in [-0.1, -0.05) is 17.7 Å². The lowest BCUT2D eigenvalue weighted by atomic mass is 10.2. The summed E-state index contributed by atoms with van der Waals surface area (Å²) in [6.07, 6.45) is 0. The van der Waals surface area contributed by atoms with E-state index in [0.717, 1.165) is 0 Å². The number of hydrogen-bond acceptors (Lipinski definition) is 3. The fraction of sp³-hybridized carbons (Fsp3) is 0. The lowest BCUT2D eigenvalue weighted by molar-refractivity contribution is 0.0699. The average molecular weight is 229 g/mol. The van der Waals surface area contributed by atoms with Gasteiger partial charge in [0.15, 0.2) is 5.75 Å². The van der Waals surface area contributed by atoms with Gasteiger partial charge >= 0.3 is 5.97 Å². The average Bonchev–Trinajstić information content (AvgIpc) is 2.55. The third kappa shape index (κ3) is 1.23. The van der Waals surface area contributed by atoms with E-state index in [2.05, 4.69) is 0 Å². The fourth-order valence-corrected chi connectivity index (χ4v) is 2.43. The second-order valence-electron chi connectivity index (χ2n) is 2.73. The predicted octanol–water partition coefficient (Wildman–Crippen LogP) is 2.96. The molecule has 0 aliphatic heterocycles. The van der Waals surface area contributed by atoms with E-state index < -0.39 is 5.97 Å². The largest absolute Gasteiger partial charge is 0.505 e. The Labute approximate surface area is 88.2 Å². The van der Waals surface area contributed by atoms with E-state index in [9.17, 15) is 9.90 Å². The summed E-state index contributed by atoms with van der Waals surface area (Å²) in [6.45, 7) is 0. The van der Waals surface area contributed by atoms with Crippen molar-refractivity contribution in [1.82, 2.24) is 0 Å². The zero-order valence-electron chi connectivity index (χ0n) is 6.82. The number of halogens is 1. The van der Waals surface area contributed by atoms with Gasteiger partial charge in [0.05, 0.1) is 15.3 Å². The van der Waals surface area contributed by atoms with Crippen molar-refractivity contribution in [3.63, 3.8) is 0 Å². The molecule has 1 heterocycles. The fourth-order valence-electron chi connectivity index (χ4n) is 1.23. The number of carboxylic acid groups (broad SMARTS) is 1. The monoisotopic (exact) mass is 228 g/mol. The molecule has 0 radical (unpaired) electrons. The van der Waals surface area contributed by atoms with Gasteiger partial charge in [-0.3, -0.25) is 0 Å². The number of phenols is 1. The summed E-state index contributed by atoms with van der Waals surface area (Å²) in [5.41, 5.74) is 0.192. The first-order valence-corrected chi connectivity index (χ1v) is 4.99. The van der Waals surface area contributed by atoms with E-state index in [-0.39, 0.29) is 16.3 Å². The number of aromatic carboxylic acids is 1. The summed E-state index contributed by atoms with van der Waals surface area (Å²) in [6, 6.07) is 3.08. The number of benzene rings is 1. The third-order valence-electron chi connectivity index (χ3n) is 1.90. The van der Waals surface area contributed by atoms with Crippen LogP contribution in [0.2, 0.25) is 5.02 Å². The van der Waals surface area contributed by atoms with Crippen molar-refractivity contribution in [3.05, 3.63) is 28.1 Å². The zero-order chi connectivity index (χ0) is 10.3. The van der Waals surface area contributed by atoms with Crippen LogP contribution in [0.25, 0.3) is 10.1 Å². The van der Waals surface area contributed by atoms with Crippen LogP contribution in [0.5, 0.6) is 5.75 Å². The summed E-state index contributed by atoms with van der Waals surface area (Å²) in [4.78, 5) is 10.8. The Morgan fingerprint density at radius 1 is 1.43 bits per heavy atom. The van der Waals surface area contributed by atoms with Gasteiger partial charge in [0, 0.05) is 10.8 Å². The number of rotatable bonds is 1. The van der Waals surface area contributed by atoms with Gasteiger partial charge in [-0.25, -0.2) is 4.79 Å². The quantitative estimate of drug-likeness (QED) is 0.789. The molecule has 0 spiro atoms. The smallest absolute Gasteiger partial charge is 0.337 e. The molecular formula is C9H5ClO3S. The van der Waals surface area contributed by atoms with Crippen LogP contribution in [0, 0.1) is 0 Å². The first-order valence-electron chi connectivity index (χ1n) is 3.73. The number of carboxylic acids is 1. The standard InChI is InChI=1S/C9H5ClO3S/c10-6-2-1-4-5(9(12)13)3-14-8(4)7(6)11/h1-3,11H,(H,12,13). The van der Waals surface area contributed by atoms with E-state index >= 15 is 0 Å². The molecule has 14 heavy (non-hydrogen) atoms. The molecule has 0 amide bonds. The van der Waals surface area contributed by atoms with Crippen molar-refractivity contribution in [2.75, 3.05) is 0 Å². The number of hydrogen-bond donors (Lipinski definition) is 2. The second kappa shape index (κ2) is 3.15. The SMILES string of the molecule is O=C(O)c1csc2c(O)c(Cl)ccc12. The number of carbonyl (C=O) groups is 1. The van der Waals surface area contributed by atoms with E-state index in [1.165, 1.54) is 22.8 Å². The van der Waals surface area contributed by atoms with Gasteiger partial charge < -0.3 is 10.2 Å². The maximum absolute atomic E-state index is 10.8. The minimum atomic E-state index is -1.00. The van der Waals surface area contributed by atoms with Crippen molar-refractivity contribution in [2.24, 2.45) is 0 Å². The third-order valence-corrected chi connectivity index (χ3v) is 3.20. The summed E-state index contributed by atoms with van der Waals surface area (Å²) in [5, 5.41) is 20.6. The van der Waals surface area contributed by atoms with Crippen LogP contribution >= 0.6 is 22.9 Å². The molecule has 0 bridgehead atoms. The molecule has 0 fully saturated rings. The van der Waals surface area contributed by atoms with Gasteiger partial charge in [-0.05, 0) is 6.07 Å². The predicted molar refractivity (Wildman–Crippen MR) is 55.5 cm³/mol. The van der Waals surface area contributed by atoms with Crippen LogP contribution in [0.3, 0.4) is 0 Å². The first-order chi connectivity index (χ1) is 6.61. The van der Waals surface area contributed by atoms with Crippen molar-refractivity contribution >= 4 is 39.0 Å². The molecule has 0 unspecified atom stereocenters. The lowest BCUT2D eigenvalue weighted by Crippen LogP contribution is -1.93. The molecule has 0 atom stereocenters. The maximum Gasteiger partial charge on any atom is 0.337 e. The van der Waals surface area contributed by atoms with Crippen molar-refractivity contribution < 1.29 is 15.0 Å². The van der Waals surface area contributed by atoms with E-state index in [1.54, 1.807) is 6.07 Å². The second-order valence-corrected chi connectivity index (χ2v) is 4.01. The summed E-state index contributed by atoms with van der Waals surface area (Å²) < 4.78 is 0.509. The van der Waals surface area contributed by atoms with Crippen molar-refractivity contribution in [3.8, 4) is 5.75 Å². The van der Waals surface area contributed by atoms with Crippen LogP contribution in [-0.4, -0.2) is 16.2 Å². The maximum atomic E-state index is 10.8. The van der Waals surface area contributed by atoms with Crippen LogP contribution in [-0.2, 0) is 0 Å². The minimum Gasteiger partial charge on any atom is -0.505 e. The molecule has 0 saturated heterocycles. The molecule has 72 valence electrons. The highest BCUT2D eigenvalue weighted by Crippen LogP contribution is 2.37. The molecule has 2 aromatic rings. The topological polar surface area (TPSA) is 57.5 Å². The molecule has 5 heteroatoms.